The minimum Gasteiger partial charge on any atom is -0.482 e. The Balaban J connectivity index is 1.65. The first kappa shape index (κ1) is 16.6. The number of nitrogens with zero attached hydrogens (tertiary/aromatic N) is 1. The van der Waals surface area contributed by atoms with Gasteiger partial charge >= 0.3 is 0 Å². The van der Waals surface area contributed by atoms with E-state index >= 15 is 0 Å². The molecule has 1 aromatic carbocycles. The molecule has 1 N–H and O–H groups in total. The van der Waals surface area contributed by atoms with Crippen molar-refractivity contribution in [3.05, 3.63) is 58.3 Å². The van der Waals surface area contributed by atoms with E-state index in [2.05, 4.69) is 10.3 Å². The van der Waals surface area contributed by atoms with E-state index in [1.807, 2.05) is 18.3 Å². The Kier molecular flexibility index (Phi) is 6.49. The molecule has 2 aromatic rings. The summed E-state index contributed by atoms with van der Waals surface area (Å²) in [6, 6.07) is 8.79. The molecule has 116 valence electrons. The van der Waals surface area contributed by atoms with Crippen LogP contribution in [0.15, 0.2) is 42.7 Å². The highest BCUT2D eigenvalue weighted by molar-refractivity contribution is 6.35. The molecule has 0 saturated carbocycles. The first-order valence-corrected chi connectivity index (χ1v) is 7.64. The summed E-state index contributed by atoms with van der Waals surface area (Å²) in [6.45, 7) is 0.514. The van der Waals surface area contributed by atoms with Crippen LogP contribution in [0.2, 0.25) is 10.0 Å². The monoisotopic (exact) mass is 338 g/mol. The number of carbonyl (C=O) groups is 1. The van der Waals surface area contributed by atoms with Gasteiger partial charge in [0.05, 0.1) is 5.02 Å². The third-order valence-corrected chi connectivity index (χ3v) is 3.47. The van der Waals surface area contributed by atoms with Gasteiger partial charge < -0.3 is 10.1 Å². The smallest absolute Gasteiger partial charge is 0.257 e. The lowest BCUT2D eigenvalue weighted by Gasteiger charge is -2.09. The summed E-state index contributed by atoms with van der Waals surface area (Å²) in [7, 11) is 0. The van der Waals surface area contributed by atoms with Gasteiger partial charge in [-0.25, -0.2) is 0 Å². The van der Waals surface area contributed by atoms with Gasteiger partial charge in [-0.1, -0.05) is 29.3 Å². The fourth-order valence-electron chi connectivity index (χ4n) is 1.85. The summed E-state index contributed by atoms with van der Waals surface area (Å²) in [6.07, 6.45) is 5.29. The first-order valence-electron chi connectivity index (χ1n) is 6.88. The van der Waals surface area contributed by atoms with Gasteiger partial charge in [0.25, 0.3) is 5.91 Å². The Morgan fingerprint density at radius 1 is 1.27 bits per heavy atom. The molecular weight excluding hydrogens is 323 g/mol. The lowest BCUT2D eigenvalue weighted by Crippen LogP contribution is -2.29. The van der Waals surface area contributed by atoms with Crippen molar-refractivity contribution in [2.24, 2.45) is 0 Å². The predicted molar refractivity (Wildman–Crippen MR) is 87.5 cm³/mol. The van der Waals surface area contributed by atoms with Crippen molar-refractivity contribution in [3.8, 4) is 5.75 Å². The maximum Gasteiger partial charge on any atom is 0.257 e. The molecule has 22 heavy (non-hydrogen) atoms. The van der Waals surface area contributed by atoms with Crippen LogP contribution in [0.3, 0.4) is 0 Å². The van der Waals surface area contributed by atoms with Crippen molar-refractivity contribution in [3.63, 3.8) is 0 Å². The first-order chi connectivity index (χ1) is 10.6. The fraction of sp³-hybridized carbons (Fsp3) is 0.250. The van der Waals surface area contributed by atoms with E-state index in [9.17, 15) is 4.79 Å². The van der Waals surface area contributed by atoms with Gasteiger partial charge in [0, 0.05) is 24.0 Å². The summed E-state index contributed by atoms with van der Waals surface area (Å²) in [4.78, 5) is 15.7. The normalized spacial score (nSPS) is 10.3. The molecule has 0 spiro atoms. The number of hydrogen-bond acceptors (Lipinski definition) is 3. The number of aryl methyl sites for hydroxylation is 1. The highest BCUT2D eigenvalue weighted by Gasteiger charge is 2.06. The van der Waals surface area contributed by atoms with Crippen molar-refractivity contribution in [2.45, 2.75) is 12.8 Å². The van der Waals surface area contributed by atoms with E-state index in [4.69, 9.17) is 27.9 Å². The number of pyridine rings is 1. The molecule has 1 aromatic heterocycles. The van der Waals surface area contributed by atoms with Crippen molar-refractivity contribution in [1.29, 1.82) is 0 Å². The number of nitrogens with one attached hydrogen (secondary N) is 1. The van der Waals surface area contributed by atoms with Crippen LogP contribution in [0.1, 0.15) is 12.0 Å². The Bertz CT molecular complexity index is 621. The van der Waals surface area contributed by atoms with Crippen molar-refractivity contribution >= 4 is 29.1 Å². The lowest BCUT2D eigenvalue weighted by atomic mass is 10.1. The molecule has 0 saturated heterocycles. The number of benzene rings is 1. The topological polar surface area (TPSA) is 51.2 Å². The van der Waals surface area contributed by atoms with Crippen LogP contribution in [0.5, 0.6) is 5.75 Å². The Morgan fingerprint density at radius 2 is 2.14 bits per heavy atom. The third kappa shape index (κ3) is 5.54. The molecular formula is C16H16Cl2N2O2. The molecule has 0 aliphatic rings. The molecule has 0 fully saturated rings. The predicted octanol–water partition coefficient (Wildman–Crippen LogP) is 3.52. The third-order valence-electron chi connectivity index (χ3n) is 2.94. The van der Waals surface area contributed by atoms with E-state index in [0.717, 1.165) is 18.4 Å². The number of ether oxygens (including phenoxy) is 1. The quantitative estimate of drug-likeness (QED) is 0.786. The van der Waals surface area contributed by atoms with Crippen LogP contribution >= 0.6 is 23.2 Å². The highest BCUT2D eigenvalue weighted by atomic mass is 35.5. The number of rotatable bonds is 7. The minimum absolute atomic E-state index is 0.0752. The molecule has 0 bridgehead atoms. The SMILES string of the molecule is O=C(COc1ccc(Cl)cc1Cl)NCCCc1cccnc1. The van der Waals surface area contributed by atoms with E-state index in [0.29, 0.717) is 22.3 Å². The maximum absolute atomic E-state index is 11.7. The number of amides is 1. The Labute approximate surface area is 139 Å². The van der Waals surface area contributed by atoms with E-state index in [1.54, 1.807) is 24.4 Å². The zero-order valence-electron chi connectivity index (χ0n) is 11.9. The van der Waals surface area contributed by atoms with Crippen molar-refractivity contribution < 1.29 is 9.53 Å². The van der Waals surface area contributed by atoms with E-state index in [-0.39, 0.29) is 12.5 Å². The average molecular weight is 339 g/mol. The molecule has 0 unspecified atom stereocenters. The van der Waals surface area contributed by atoms with Gasteiger partial charge in [0.2, 0.25) is 0 Å². The molecule has 1 heterocycles. The second kappa shape index (κ2) is 8.61. The van der Waals surface area contributed by atoms with Gasteiger partial charge in [-0.05, 0) is 42.7 Å². The van der Waals surface area contributed by atoms with Gasteiger partial charge in [0.15, 0.2) is 6.61 Å². The molecule has 4 nitrogen and oxygen atoms in total. The molecule has 0 aliphatic carbocycles. The maximum atomic E-state index is 11.7. The number of carbonyl (C=O) groups excluding carboxylic acids is 1. The van der Waals surface area contributed by atoms with Crippen LogP contribution in [0, 0.1) is 0 Å². The van der Waals surface area contributed by atoms with Gasteiger partial charge in [-0.2, -0.15) is 0 Å². The minimum atomic E-state index is -0.183. The summed E-state index contributed by atoms with van der Waals surface area (Å²) >= 11 is 11.8. The zero-order chi connectivity index (χ0) is 15.8. The van der Waals surface area contributed by atoms with E-state index < -0.39 is 0 Å². The summed E-state index contributed by atoms with van der Waals surface area (Å²) in [5.74, 6) is 0.258. The zero-order valence-corrected chi connectivity index (χ0v) is 13.4. The largest absolute Gasteiger partial charge is 0.482 e. The summed E-state index contributed by atoms with van der Waals surface area (Å²) in [5, 5.41) is 3.71. The van der Waals surface area contributed by atoms with E-state index in [1.165, 1.54) is 0 Å². The van der Waals surface area contributed by atoms with Crippen LogP contribution in [0.4, 0.5) is 0 Å². The number of aromatic nitrogens is 1. The Hall–Kier alpha value is -1.78. The second-order valence-electron chi connectivity index (χ2n) is 4.68. The summed E-state index contributed by atoms with van der Waals surface area (Å²) < 4.78 is 5.36. The number of hydrogen-bond donors (Lipinski definition) is 1. The van der Waals surface area contributed by atoms with Gasteiger partial charge in [0.1, 0.15) is 5.75 Å². The molecule has 0 aliphatic heterocycles. The standard InChI is InChI=1S/C16H16Cl2N2O2/c17-13-5-6-15(14(18)9-13)22-11-16(21)20-8-2-4-12-3-1-7-19-10-12/h1,3,5-7,9-10H,2,4,8,11H2,(H,20,21). The van der Waals surface area contributed by atoms with Crippen LogP contribution in [-0.2, 0) is 11.2 Å². The second-order valence-corrected chi connectivity index (χ2v) is 5.52. The molecule has 0 atom stereocenters. The number of halogens is 2. The average Bonchev–Trinajstić information content (AvgIpc) is 2.52. The van der Waals surface area contributed by atoms with Crippen molar-refractivity contribution in [1.82, 2.24) is 10.3 Å². The molecule has 6 heteroatoms. The Morgan fingerprint density at radius 3 is 2.86 bits per heavy atom. The van der Waals surface area contributed by atoms with Gasteiger partial charge in [-0.3, -0.25) is 9.78 Å². The summed E-state index contributed by atoms with van der Waals surface area (Å²) in [5.41, 5.74) is 1.15. The molecule has 0 radical (unpaired) electrons. The van der Waals surface area contributed by atoms with Crippen LogP contribution < -0.4 is 10.1 Å². The fourth-order valence-corrected chi connectivity index (χ4v) is 2.32. The van der Waals surface area contributed by atoms with Crippen LogP contribution in [-0.4, -0.2) is 24.0 Å². The highest BCUT2D eigenvalue weighted by Crippen LogP contribution is 2.27. The van der Waals surface area contributed by atoms with Gasteiger partial charge in [-0.15, -0.1) is 0 Å². The molecule has 1 amide bonds. The molecule has 2 rings (SSSR count). The lowest BCUT2D eigenvalue weighted by molar-refractivity contribution is -0.123. The van der Waals surface area contributed by atoms with Crippen molar-refractivity contribution in [2.75, 3.05) is 13.2 Å². The van der Waals surface area contributed by atoms with Crippen LogP contribution in [0.25, 0.3) is 0 Å².